The first kappa shape index (κ1) is 25.7. The Bertz CT molecular complexity index is 1330. The molecule has 0 aliphatic carbocycles. The first-order chi connectivity index (χ1) is 17.6. The number of nitrogens with one attached hydrogen (secondary N) is 3. The number of aliphatic carboxylic acids is 1. The van der Waals surface area contributed by atoms with Gasteiger partial charge >= 0.3 is 12.0 Å². The number of imide groups is 1. The summed E-state index contributed by atoms with van der Waals surface area (Å²) in [5.74, 6) is -2.09. The predicted octanol–water partition coefficient (Wildman–Crippen LogP) is 2.44. The van der Waals surface area contributed by atoms with Crippen molar-refractivity contribution in [2.24, 2.45) is 0 Å². The number of nitrogens with zero attached hydrogens (tertiary/aromatic N) is 1. The van der Waals surface area contributed by atoms with Crippen LogP contribution < -0.4 is 20.7 Å². The molecule has 5 amide bonds. The van der Waals surface area contributed by atoms with Gasteiger partial charge in [-0.05, 0) is 41.8 Å². The van der Waals surface area contributed by atoms with E-state index in [4.69, 9.17) is 21.4 Å². The summed E-state index contributed by atoms with van der Waals surface area (Å²) in [6.07, 6.45) is 0.451. The Morgan fingerprint density at radius 2 is 1.97 bits per heavy atom. The van der Waals surface area contributed by atoms with Crippen LogP contribution in [0, 0.1) is 0 Å². The number of anilines is 1. The van der Waals surface area contributed by atoms with Gasteiger partial charge in [0.05, 0.1) is 11.3 Å². The molecule has 12 heteroatoms. The molecule has 0 spiro atoms. The summed E-state index contributed by atoms with van der Waals surface area (Å²) in [7, 11) is 0. The third kappa shape index (κ3) is 5.89. The standard InChI is InChI=1S/C25H23ClN4O7/c1-13(24(34)35)12-37-20-6-3-16(26)9-18(20)28-25(36)27-10-14-2-4-17-15(8-14)11-30(23(17)33)19-5-7-21(31)29-22(19)32/h2-4,6,8-9,19H,1,5,7,10-12H2,(H,34,35)(H2,27,28,36)(H,29,31,32). The summed E-state index contributed by atoms with van der Waals surface area (Å²) >= 11 is 6.02. The summed E-state index contributed by atoms with van der Waals surface area (Å²) in [6.45, 7) is 3.48. The van der Waals surface area contributed by atoms with E-state index in [1.807, 2.05) is 0 Å². The number of piperidine rings is 1. The fourth-order valence-corrected chi connectivity index (χ4v) is 4.21. The molecule has 0 aromatic heterocycles. The molecule has 2 aliphatic heterocycles. The lowest BCUT2D eigenvalue weighted by Crippen LogP contribution is -2.52. The van der Waals surface area contributed by atoms with Crippen LogP contribution in [0.1, 0.15) is 34.3 Å². The molecule has 0 bridgehead atoms. The molecular formula is C25H23ClN4O7. The van der Waals surface area contributed by atoms with Crippen molar-refractivity contribution in [2.45, 2.75) is 32.0 Å². The Kier molecular flexibility index (Phi) is 7.44. The van der Waals surface area contributed by atoms with E-state index < -0.39 is 23.9 Å². The van der Waals surface area contributed by atoms with Gasteiger partial charge in [0, 0.05) is 30.1 Å². The number of carbonyl (C=O) groups is 5. The van der Waals surface area contributed by atoms with Crippen LogP contribution in [0.25, 0.3) is 0 Å². The van der Waals surface area contributed by atoms with Gasteiger partial charge in [-0.1, -0.05) is 30.3 Å². The van der Waals surface area contributed by atoms with Crippen molar-refractivity contribution < 1.29 is 33.8 Å². The molecule has 1 unspecified atom stereocenters. The summed E-state index contributed by atoms with van der Waals surface area (Å²) in [5, 5.41) is 16.9. The molecule has 2 aliphatic rings. The number of carboxylic acid groups (broad SMARTS) is 1. The third-order valence-electron chi connectivity index (χ3n) is 5.94. The third-order valence-corrected chi connectivity index (χ3v) is 6.17. The van der Waals surface area contributed by atoms with Crippen LogP contribution in [0.2, 0.25) is 5.02 Å². The summed E-state index contributed by atoms with van der Waals surface area (Å²) in [5.41, 5.74) is 2.01. The Labute approximate surface area is 216 Å². The molecule has 2 aromatic rings. The van der Waals surface area contributed by atoms with E-state index in [0.29, 0.717) is 10.6 Å². The highest BCUT2D eigenvalue weighted by atomic mass is 35.5. The first-order valence-electron chi connectivity index (χ1n) is 11.3. The van der Waals surface area contributed by atoms with Crippen molar-refractivity contribution in [3.63, 3.8) is 0 Å². The lowest BCUT2D eigenvalue weighted by molar-refractivity contribution is -0.137. The van der Waals surface area contributed by atoms with Gasteiger partial charge in [-0.25, -0.2) is 9.59 Å². The van der Waals surface area contributed by atoms with Gasteiger partial charge in [0.15, 0.2) is 0 Å². The van der Waals surface area contributed by atoms with E-state index in [-0.39, 0.29) is 61.4 Å². The van der Waals surface area contributed by atoms with Crippen LogP contribution in [-0.2, 0) is 27.5 Å². The number of halogens is 1. The second-order valence-corrected chi connectivity index (χ2v) is 8.97. The van der Waals surface area contributed by atoms with Crippen molar-refractivity contribution in [3.8, 4) is 5.75 Å². The second kappa shape index (κ2) is 10.7. The maximum atomic E-state index is 12.8. The minimum atomic E-state index is -1.20. The number of rotatable bonds is 8. The zero-order valence-corrected chi connectivity index (χ0v) is 20.3. The number of urea groups is 1. The van der Waals surface area contributed by atoms with Crippen LogP contribution in [0.4, 0.5) is 10.5 Å². The fourth-order valence-electron chi connectivity index (χ4n) is 4.04. The van der Waals surface area contributed by atoms with Crippen molar-refractivity contribution in [1.29, 1.82) is 0 Å². The summed E-state index contributed by atoms with van der Waals surface area (Å²) in [6, 6.07) is 8.37. The topological polar surface area (TPSA) is 154 Å². The smallest absolute Gasteiger partial charge is 0.334 e. The zero-order chi connectivity index (χ0) is 26.7. The van der Waals surface area contributed by atoms with Gasteiger partial charge in [-0.15, -0.1) is 0 Å². The molecule has 2 heterocycles. The summed E-state index contributed by atoms with van der Waals surface area (Å²) < 4.78 is 5.45. The van der Waals surface area contributed by atoms with Gasteiger partial charge in [0.25, 0.3) is 5.91 Å². The maximum Gasteiger partial charge on any atom is 0.334 e. The van der Waals surface area contributed by atoms with Crippen LogP contribution in [0.5, 0.6) is 5.75 Å². The highest BCUT2D eigenvalue weighted by Gasteiger charge is 2.39. The number of fused-ring (bicyclic) bond motifs is 1. The van der Waals surface area contributed by atoms with Gasteiger partial charge in [-0.3, -0.25) is 19.7 Å². The number of benzene rings is 2. The normalized spacial score (nSPS) is 16.6. The molecular weight excluding hydrogens is 504 g/mol. The van der Waals surface area contributed by atoms with Gasteiger partial charge < -0.3 is 25.4 Å². The number of hydrogen-bond donors (Lipinski definition) is 4. The number of hydrogen-bond acceptors (Lipinski definition) is 6. The Morgan fingerprint density at radius 3 is 2.70 bits per heavy atom. The van der Waals surface area contributed by atoms with Gasteiger partial charge in [-0.2, -0.15) is 0 Å². The monoisotopic (exact) mass is 526 g/mol. The second-order valence-electron chi connectivity index (χ2n) is 8.54. The fraction of sp³-hybridized carbons (Fsp3) is 0.240. The Hall–Kier alpha value is -4.38. The van der Waals surface area contributed by atoms with Crippen molar-refractivity contribution in [2.75, 3.05) is 11.9 Å². The van der Waals surface area contributed by atoms with Crippen LogP contribution in [0.3, 0.4) is 0 Å². The predicted molar refractivity (Wildman–Crippen MR) is 132 cm³/mol. The van der Waals surface area contributed by atoms with Crippen molar-refractivity contribution >= 4 is 47.0 Å². The number of carboxylic acids is 1. The lowest BCUT2D eigenvalue weighted by Gasteiger charge is -2.29. The molecule has 1 saturated heterocycles. The molecule has 37 heavy (non-hydrogen) atoms. The molecule has 192 valence electrons. The van der Waals surface area contributed by atoms with E-state index in [1.54, 1.807) is 18.2 Å². The maximum absolute atomic E-state index is 12.8. The SMILES string of the molecule is C=C(COc1ccc(Cl)cc1NC(=O)NCc1ccc2c(c1)CN(C1CCC(=O)NC1=O)C2=O)C(=O)O. The van der Waals surface area contributed by atoms with E-state index in [0.717, 1.165) is 11.1 Å². The number of amides is 5. The lowest BCUT2D eigenvalue weighted by atomic mass is 10.0. The molecule has 4 N–H and O–H groups in total. The molecule has 1 fully saturated rings. The van der Waals surface area contributed by atoms with Crippen LogP contribution in [0.15, 0.2) is 48.6 Å². The average molecular weight is 527 g/mol. The minimum Gasteiger partial charge on any atom is -0.486 e. The number of ether oxygens (including phenoxy) is 1. The van der Waals surface area contributed by atoms with Crippen molar-refractivity contribution in [1.82, 2.24) is 15.5 Å². The van der Waals surface area contributed by atoms with Crippen LogP contribution in [-0.4, -0.2) is 52.4 Å². The minimum absolute atomic E-state index is 0.137. The first-order valence-corrected chi connectivity index (χ1v) is 11.6. The van der Waals surface area contributed by atoms with E-state index >= 15 is 0 Å². The molecule has 4 rings (SSSR count). The summed E-state index contributed by atoms with van der Waals surface area (Å²) in [4.78, 5) is 61.4. The Balaban J connectivity index is 1.37. The molecule has 2 aromatic carbocycles. The van der Waals surface area contributed by atoms with Gasteiger partial charge in [0.2, 0.25) is 11.8 Å². The van der Waals surface area contributed by atoms with E-state index in [1.165, 1.54) is 23.1 Å². The quantitative estimate of drug-likeness (QED) is 0.304. The number of carbonyl (C=O) groups excluding carboxylic acids is 4. The molecule has 0 radical (unpaired) electrons. The van der Waals surface area contributed by atoms with Crippen molar-refractivity contribution in [3.05, 3.63) is 70.3 Å². The molecule has 1 atom stereocenters. The zero-order valence-electron chi connectivity index (χ0n) is 19.5. The largest absolute Gasteiger partial charge is 0.486 e. The highest BCUT2D eigenvalue weighted by Crippen LogP contribution is 2.29. The van der Waals surface area contributed by atoms with E-state index in [9.17, 15) is 24.0 Å². The van der Waals surface area contributed by atoms with E-state index in [2.05, 4.69) is 22.5 Å². The molecule has 0 saturated carbocycles. The molecule has 11 nitrogen and oxygen atoms in total. The van der Waals surface area contributed by atoms with Crippen LogP contribution >= 0.6 is 11.6 Å². The van der Waals surface area contributed by atoms with Gasteiger partial charge in [0.1, 0.15) is 18.4 Å². The Morgan fingerprint density at radius 1 is 1.19 bits per heavy atom. The average Bonchev–Trinajstić information content (AvgIpc) is 3.17. The highest BCUT2D eigenvalue weighted by molar-refractivity contribution is 6.31.